The van der Waals surface area contributed by atoms with Crippen LogP contribution in [-0.2, 0) is 9.53 Å². The van der Waals surface area contributed by atoms with Gasteiger partial charge in [-0.05, 0) is 24.8 Å². The number of aromatic amines is 1. The number of allylic oxidation sites excluding steroid dienone is 1. The van der Waals surface area contributed by atoms with Gasteiger partial charge in [0.2, 0.25) is 0 Å². The third kappa shape index (κ3) is 2.69. The fraction of sp³-hybridized carbons (Fsp3) is 0.250. The molecule has 8 heteroatoms. The number of rotatable bonds is 3. The highest BCUT2D eigenvalue weighted by Gasteiger charge is 2.36. The maximum atomic E-state index is 12.6. The van der Waals surface area contributed by atoms with Gasteiger partial charge in [0.25, 0.3) is 5.56 Å². The average molecular weight is 344 g/mol. The van der Waals surface area contributed by atoms with E-state index < -0.39 is 11.9 Å². The van der Waals surface area contributed by atoms with E-state index in [4.69, 9.17) is 4.74 Å². The highest BCUT2D eigenvalue weighted by atomic mass is 32.2. The monoisotopic (exact) mass is 344 g/mol. The normalized spacial score (nSPS) is 16.4. The highest BCUT2D eigenvalue weighted by Crippen LogP contribution is 2.39. The number of fused-ring (bicyclic) bond motifs is 1. The minimum Gasteiger partial charge on any atom is -0.466 e. The Hall–Kier alpha value is -2.61. The van der Waals surface area contributed by atoms with Gasteiger partial charge >= 0.3 is 5.97 Å². The third-order valence-corrected chi connectivity index (χ3v) is 4.42. The van der Waals surface area contributed by atoms with Crippen LogP contribution in [0.3, 0.4) is 0 Å². The molecule has 124 valence electrons. The number of hydrogen-bond donors (Lipinski definition) is 2. The number of methoxy groups -OCH3 is 1. The van der Waals surface area contributed by atoms with E-state index in [9.17, 15) is 9.59 Å². The smallest absolute Gasteiger partial charge is 0.336 e. The second kappa shape index (κ2) is 6.48. The highest BCUT2D eigenvalue weighted by molar-refractivity contribution is 7.98. The molecular formula is C16H16N4O3S. The molecule has 3 rings (SSSR count). The molecule has 0 bridgehead atoms. The molecule has 0 saturated carbocycles. The van der Waals surface area contributed by atoms with Crippen molar-refractivity contribution in [3.05, 3.63) is 57.3 Å². The molecule has 2 aromatic rings. The number of esters is 1. The Balaban J connectivity index is 2.29. The Bertz CT molecular complexity index is 877. The number of aromatic nitrogens is 3. The second-order valence-electron chi connectivity index (χ2n) is 5.21. The number of ether oxygens (including phenoxy) is 1. The lowest BCUT2D eigenvalue weighted by Gasteiger charge is -2.28. The minimum absolute atomic E-state index is 0.292. The Labute approximate surface area is 142 Å². The molecule has 0 aromatic carbocycles. The first-order valence-electron chi connectivity index (χ1n) is 7.21. The predicted octanol–water partition coefficient (Wildman–Crippen LogP) is 1.89. The molecule has 0 amide bonds. The Morgan fingerprint density at radius 1 is 1.42 bits per heavy atom. The third-order valence-electron chi connectivity index (χ3n) is 3.84. The van der Waals surface area contributed by atoms with E-state index in [0.29, 0.717) is 27.8 Å². The second-order valence-corrected chi connectivity index (χ2v) is 6.01. The Morgan fingerprint density at radius 3 is 2.83 bits per heavy atom. The summed E-state index contributed by atoms with van der Waals surface area (Å²) in [5.74, 6) is -0.635. The van der Waals surface area contributed by atoms with Crippen molar-refractivity contribution < 1.29 is 9.53 Å². The van der Waals surface area contributed by atoms with Gasteiger partial charge in [-0.1, -0.05) is 17.8 Å². The van der Waals surface area contributed by atoms with E-state index in [1.54, 1.807) is 25.4 Å². The van der Waals surface area contributed by atoms with Crippen molar-refractivity contribution in [2.75, 3.05) is 18.7 Å². The number of carbonyl (C=O) groups excluding carboxylic acids is 1. The van der Waals surface area contributed by atoms with Crippen molar-refractivity contribution >= 4 is 23.5 Å². The maximum absolute atomic E-state index is 12.6. The molecule has 1 atom stereocenters. The van der Waals surface area contributed by atoms with Crippen LogP contribution < -0.4 is 10.9 Å². The first-order valence-corrected chi connectivity index (χ1v) is 8.43. The van der Waals surface area contributed by atoms with E-state index in [1.165, 1.54) is 18.9 Å². The van der Waals surface area contributed by atoms with Gasteiger partial charge in [-0.25, -0.2) is 9.78 Å². The summed E-state index contributed by atoms with van der Waals surface area (Å²) in [5, 5.41) is 3.56. The molecule has 0 fully saturated rings. The van der Waals surface area contributed by atoms with E-state index in [1.807, 2.05) is 12.3 Å². The van der Waals surface area contributed by atoms with Crippen LogP contribution in [0, 0.1) is 0 Å². The van der Waals surface area contributed by atoms with Crippen LogP contribution in [0.15, 0.2) is 45.7 Å². The predicted molar refractivity (Wildman–Crippen MR) is 91.1 cm³/mol. The number of nitrogens with zero attached hydrogens (tertiary/aromatic N) is 2. The van der Waals surface area contributed by atoms with Gasteiger partial charge in [-0.15, -0.1) is 0 Å². The molecule has 0 unspecified atom stereocenters. The lowest BCUT2D eigenvalue weighted by Crippen LogP contribution is -2.31. The number of H-pyrrole nitrogens is 1. The van der Waals surface area contributed by atoms with Crippen LogP contribution in [0.2, 0.25) is 0 Å². The van der Waals surface area contributed by atoms with Gasteiger partial charge in [0.15, 0.2) is 5.16 Å². The van der Waals surface area contributed by atoms with Gasteiger partial charge in [0.1, 0.15) is 5.82 Å². The Morgan fingerprint density at radius 2 is 2.21 bits per heavy atom. The largest absolute Gasteiger partial charge is 0.466 e. The van der Waals surface area contributed by atoms with Crippen LogP contribution in [0.1, 0.15) is 24.0 Å². The number of anilines is 1. The number of hydrogen-bond acceptors (Lipinski definition) is 7. The Kier molecular flexibility index (Phi) is 4.39. The number of pyridine rings is 1. The zero-order valence-electron chi connectivity index (χ0n) is 13.4. The molecule has 1 aliphatic rings. The summed E-state index contributed by atoms with van der Waals surface area (Å²) in [5.41, 5.74) is 1.80. The lowest BCUT2D eigenvalue weighted by atomic mass is 9.83. The van der Waals surface area contributed by atoms with Crippen molar-refractivity contribution in [2.24, 2.45) is 0 Å². The van der Waals surface area contributed by atoms with E-state index >= 15 is 0 Å². The molecule has 7 nitrogen and oxygen atoms in total. The SMILES string of the molecule is COC(=O)C1=C(C)Nc2nc(SC)[nH]c(=O)c2[C@@H]1c1cccnc1. The van der Waals surface area contributed by atoms with Crippen LogP contribution in [0.5, 0.6) is 0 Å². The quantitative estimate of drug-likeness (QED) is 0.498. The molecule has 0 saturated heterocycles. The summed E-state index contributed by atoms with van der Waals surface area (Å²) in [4.78, 5) is 36.2. The standard InChI is InChI=1S/C16H16N4O3S/c1-8-10(15(22)23-2)11(9-5-4-6-17-7-9)12-13(18-8)19-16(24-3)20-14(12)21/h4-7,11H,1-3H3,(H2,18,19,20,21)/t11-/m1/s1. The number of nitrogens with one attached hydrogen (secondary N) is 2. The summed E-state index contributed by atoms with van der Waals surface area (Å²) in [6, 6.07) is 3.59. The first kappa shape index (κ1) is 16.3. The summed E-state index contributed by atoms with van der Waals surface area (Å²) < 4.78 is 4.92. The number of thioether (sulfide) groups is 1. The molecule has 0 radical (unpaired) electrons. The van der Waals surface area contributed by atoms with Crippen molar-refractivity contribution in [1.82, 2.24) is 15.0 Å². The molecule has 2 aromatic heterocycles. The molecular weight excluding hydrogens is 328 g/mol. The zero-order chi connectivity index (χ0) is 17.3. The van der Waals surface area contributed by atoms with Crippen molar-refractivity contribution in [1.29, 1.82) is 0 Å². The molecule has 0 spiro atoms. The summed E-state index contributed by atoms with van der Waals surface area (Å²) in [6.07, 6.45) is 5.10. The van der Waals surface area contributed by atoms with Gasteiger partial charge in [-0.3, -0.25) is 9.78 Å². The van der Waals surface area contributed by atoms with E-state index in [2.05, 4.69) is 20.3 Å². The molecule has 1 aliphatic heterocycles. The minimum atomic E-state index is -0.588. The van der Waals surface area contributed by atoms with Crippen LogP contribution in [-0.4, -0.2) is 34.3 Å². The zero-order valence-corrected chi connectivity index (χ0v) is 14.2. The maximum Gasteiger partial charge on any atom is 0.336 e. The molecule has 0 aliphatic carbocycles. The summed E-state index contributed by atoms with van der Waals surface area (Å²) >= 11 is 1.34. The first-order chi connectivity index (χ1) is 11.6. The summed E-state index contributed by atoms with van der Waals surface area (Å²) in [6.45, 7) is 1.76. The van der Waals surface area contributed by atoms with E-state index in [0.717, 1.165) is 5.56 Å². The van der Waals surface area contributed by atoms with Gasteiger partial charge in [0.05, 0.1) is 24.2 Å². The van der Waals surface area contributed by atoms with E-state index in [-0.39, 0.29) is 5.56 Å². The van der Waals surface area contributed by atoms with Crippen LogP contribution in [0.4, 0.5) is 5.82 Å². The van der Waals surface area contributed by atoms with Crippen LogP contribution >= 0.6 is 11.8 Å². The van der Waals surface area contributed by atoms with Crippen molar-refractivity contribution in [2.45, 2.75) is 18.0 Å². The fourth-order valence-corrected chi connectivity index (χ4v) is 3.17. The van der Waals surface area contributed by atoms with Crippen molar-refractivity contribution in [3.8, 4) is 0 Å². The topological polar surface area (TPSA) is 97.0 Å². The van der Waals surface area contributed by atoms with Crippen LogP contribution in [0.25, 0.3) is 0 Å². The van der Waals surface area contributed by atoms with Gasteiger partial charge in [0, 0.05) is 18.1 Å². The average Bonchev–Trinajstić information content (AvgIpc) is 2.60. The molecule has 3 heterocycles. The number of carbonyl (C=O) groups is 1. The fourth-order valence-electron chi connectivity index (χ4n) is 2.79. The van der Waals surface area contributed by atoms with Gasteiger partial charge < -0.3 is 15.0 Å². The lowest BCUT2D eigenvalue weighted by molar-refractivity contribution is -0.136. The molecule has 24 heavy (non-hydrogen) atoms. The van der Waals surface area contributed by atoms with Gasteiger partial charge in [-0.2, -0.15) is 0 Å². The molecule has 2 N–H and O–H groups in total. The summed E-state index contributed by atoms with van der Waals surface area (Å²) in [7, 11) is 1.32. The van der Waals surface area contributed by atoms with Crippen molar-refractivity contribution in [3.63, 3.8) is 0 Å².